The van der Waals surface area contributed by atoms with E-state index in [9.17, 15) is 5.11 Å². The minimum atomic E-state index is 0.0201. The Hall–Kier alpha value is -6.11. The number of hydrogen-bond acceptors (Lipinski definition) is 6. The van der Waals surface area contributed by atoms with Gasteiger partial charge in [-0.2, -0.15) is 0 Å². The lowest BCUT2D eigenvalue weighted by Crippen LogP contribution is -1.98. The van der Waals surface area contributed by atoms with E-state index in [0.29, 0.717) is 29.4 Å². The number of rotatable bonds is 8. The molecule has 0 heterocycles. The van der Waals surface area contributed by atoms with E-state index in [1.54, 1.807) is 31.2 Å². The number of aryl methyl sites for hydroxylation is 1. The standard InChI is InChI=1S/C33H29NO2.C7H7NO.C3H7N/c1-23-7-4-10-26(15-23)29-18-30(27-11-5-8-24(16-27)21-35)20-31(19-29)28-12-6-9-25(17-28)22-36-33-14-3-2-13-32(33)34;1-8-6-4-2-3-5-7(6)9;1-3(2)4/h2-20,35H,21-22,34H2,1H3;2-5,9H,1H2;1,4H2,2H3. The van der Waals surface area contributed by atoms with Gasteiger partial charge in [0.15, 0.2) is 0 Å². The fourth-order valence-electron chi connectivity index (χ4n) is 5.01. The molecule has 6 aromatic rings. The van der Waals surface area contributed by atoms with Crippen LogP contribution in [0.25, 0.3) is 33.4 Å². The quantitative estimate of drug-likeness (QED) is 0.0968. The molecule has 0 spiro atoms. The monoisotopic (exact) mass is 649 g/mol. The summed E-state index contributed by atoms with van der Waals surface area (Å²) in [5.41, 5.74) is 22.7. The van der Waals surface area contributed by atoms with Crippen LogP contribution in [-0.2, 0) is 13.2 Å². The molecular formula is C43H43N3O3. The number of aliphatic hydroxyl groups excluding tert-OH is 1. The number of phenols is 1. The number of nitrogens with two attached hydrogens (primary N) is 2. The van der Waals surface area contributed by atoms with Crippen LogP contribution in [0.4, 0.5) is 11.4 Å². The third-order valence-corrected chi connectivity index (χ3v) is 7.35. The number of aliphatic imine (C=N–C) groups is 1. The van der Waals surface area contributed by atoms with E-state index in [-0.39, 0.29) is 12.4 Å². The van der Waals surface area contributed by atoms with Gasteiger partial charge in [-0.25, -0.2) is 0 Å². The molecule has 0 radical (unpaired) electrons. The number of para-hydroxylation sites is 4. The van der Waals surface area contributed by atoms with E-state index in [0.717, 1.165) is 38.9 Å². The first-order valence-electron chi connectivity index (χ1n) is 15.8. The van der Waals surface area contributed by atoms with E-state index < -0.39 is 0 Å². The van der Waals surface area contributed by atoms with Gasteiger partial charge in [0.25, 0.3) is 0 Å². The maximum absolute atomic E-state index is 9.67. The van der Waals surface area contributed by atoms with Gasteiger partial charge < -0.3 is 26.4 Å². The van der Waals surface area contributed by atoms with Crippen LogP contribution in [0.15, 0.2) is 157 Å². The van der Waals surface area contributed by atoms with E-state index in [2.05, 4.69) is 98.0 Å². The van der Waals surface area contributed by atoms with Crippen molar-refractivity contribution in [3.8, 4) is 44.9 Å². The summed E-state index contributed by atoms with van der Waals surface area (Å²) < 4.78 is 5.99. The Morgan fingerprint density at radius 2 is 1.18 bits per heavy atom. The van der Waals surface area contributed by atoms with Crippen LogP contribution < -0.4 is 16.2 Å². The number of allylic oxidation sites excluding steroid dienone is 1. The molecule has 0 amide bonds. The number of anilines is 1. The van der Waals surface area contributed by atoms with Gasteiger partial charge >= 0.3 is 0 Å². The van der Waals surface area contributed by atoms with Gasteiger partial charge in [-0.05, 0) is 125 Å². The summed E-state index contributed by atoms with van der Waals surface area (Å²) >= 11 is 0. The summed E-state index contributed by atoms with van der Waals surface area (Å²) in [6.45, 7) is 10.9. The summed E-state index contributed by atoms with van der Waals surface area (Å²) in [5, 5.41) is 18.6. The number of benzene rings is 6. The second-order valence-electron chi connectivity index (χ2n) is 11.5. The second-order valence-corrected chi connectivity index (χ2v) is 11.5. The van der Waals surface area contributed by atoms with Crippen LogP contribution in [0.1, 0.15) is 23.6 Å². The van der Waals surface area contributed by atoms with Crippen LogP contribution in [0.3, 0.4) is 0 Å². The lowest BCUT2D eigenvalue weighted by Gasteiger charge is -2.14. The number of aliphatic hydroxyl groups is 1. The minimum absolute atomic E-state index is 0.0201. The van der Waals surface area contributed by atoms with Gasteiger partial charge in [0.05, 0.1) is 12.3 Å². The molecule has 6 rings (SSSR count). The zero-order valence-electron chi connectivity index (χ0n) is 28.0. The van der Waals surface area contributed by atoms with Gasteiger partial charge in [0.1, 0.15) is 23.8 Å². The first-order valence-corrected chi connectivity index (χ1v) is 15.8. The average molecular weight is 650 g/mol. The first-order chi connectivity index (χ1) is 23.7. The van der Waals surface area contributed by atoms with Gasteiger partial charge in [-0.1, -0.05) is 97.1 Å². The van der Waals surface area contributed by atoms with Crippen molar-refractivity contribution in [3.05, 3.63) is 168 Å². The molecule has 0 aliphatic carbocycles. The number of phenolic OH excluding ortho intramolecular Hbond substituents is 1. The molecule has 6 nitrogen and oxygen atoms in total. The Bertz CT molecular complexity index is 2010. The smallest absolute Gasteiger partial charge is 0.142 e. The fraction of sp³-hybridized carbons (Fsp3) is 0.0930. The third kappa shape index (κ3) is 10.7. The Morgan fingerprint density at radius 1 is 0.673 bits per heavy atom. The topological polar surface area (TPSA) is 114 Å². The lowest BCUT2D eigenvalue weighted by atomic mass is 9.92. The molecule has 0 aromatic heterocycles. The largest absolute Gasteiger partial charge is 0.506 e. The molecule has 6 N–H and O–H groups in total. The van der Waals surface area contributed by atoms with Crippen molar-refractivity contribution in [2.75, 3.05) is 5.73 Å². The first kappa shape index (κ1) is 35.7. The predicted octanol–water partition coefficient (Wildman–Crippen LogP) is 9.85. The van der Waals surface area contributed by atoms with Crippen molar-refractivity contribution < 1.29 is 14.9 Å². The van der Waals surface area contributed by atoms with E-state index in [1.165, 1.54) is 11.1 Å². The van der Waals surface area contributed by atoms with E-state index >= 15 is 0 Å². The molecule has 0 saturated heterocycles. The number of aromatic hydroxyl groups is 1. The molecule has 0 fully saturated rings. The van der Waals surface area contributed by atoms with Crippen LogP contribution >= 0.6 is 0 Å². The Labute approximate surface area is 289 Å². The van der Waals surface area contributed by atoms with Crippen molar-refractivity contribution in [1.82, 2.24) is 0 Å². The van der Waals surface area contributed by atoms with E-state index in [1.807, 2.05) is 42.5 Å². The SMILES string of the molecule is C=C(C)N.C=Nc1ccccc1O.Cc1cccc(-c2cc(-c3cccc(CO)c3)cc(-c3cccc(COc4ccccc4N)c3)c2)c1. The number of ether oxygens (including phenoxy) is 1. The maximum atomic E-state index is 9.67. The zero-order chi connectivity index (χ0) is 35.2. The van der Waals surface area contributed by atoms with Gasteiger partial charge in [-0.3, -0.25) is 4.99 Å². The van der Waals surface area contributed by atoms with Crippen LogP contribution in [-0.4, -0.2) is 16.9 Å². The molecule has 0 unspecified atom stereocenters. The van der Waals surface area contributed by atoms with E-state index in [4.69, 9.17) is 21.3 Å². The van der Waals surface area contributed by atoms with Crippen molar-refractivity contribution in [2.24, 2.45) is 10.7 Å². The lowest BCUT2D eigenvalue weighted by molar-refractivity contribution is 0.282. The highest BCUT2D eigenvalue weighted by Gasteiger charge is 2.10. The predicted molar refractivity (Wildman–Crippen MR) is 205 cm³/mol. The number of nitrogen functional groups attached to an aromatic ring is 1. The Balaban J connectivity index is 0.000000350. The highest BCUT2D eigenvalue weighted by atomic mass is 16.5. The van der Waals surface area contributed by atoms with Gasteiger partial charge in [-0.15, -0.1) is 0 Å². The molecular weight excluding hydrogens is 606 g/mol. The third-order valence-electron chi connectivity index (χ3n) is 7.35. The summed E-state index contributed by atoms with van der Waals surface area (Å²) in [7, 11) is 0. The molecule has 49 heavy (non-hydrogen) atoms. The molecule has 6 aromatic carbocycles. The highest BCUT2D eigenvalue weighted by molar-refractivity contribution is 5.81. The molecule has 0 bridgehead atoms. The molecule has 248 valence electrons. The normalized spacial score (nSPS) is 10.1. The number of hydrogen-bond donors (Lipinski definition) is 4. The zero-order valence-corrected chi connectivity index (χ0v) is 28.0. The van der Waals surface area contributed by atoms with Gasteiger partial charge in [0.2, 0.25) is 0 Å². The van der Waals surface area contributed by atoms with Crippen LogP contribution in [0, 0.1) is 6.92 Å². The highest BCUT2D eigenvalue weighted by Crippen LogP contribution is 2.34. The second kappa shape index (κ2) is 17.7. The van der Waals surface area contributed by atoms with Crippen molar-refractivity contribution in [1.29, 1.82) is 0 Å². The molecule has 0 aliphatic rings. The summed E-state index contributed by atoms with van der Waals surface area (Å²) in [4.78, 5) is 3.57. The summed E-state index contributed by atoms with van der Waals surface area (Å²) in [5.74, 6) is 0.864. The van der Waals surface area contributed by atoms with Crippen LogP contribution in [0.2, 0.25) is 0 Å². The van der Waals surface area contributed by atoms with Crippen molar-refractivity contribution in [2.45, 2.75) is 27.1 Å². The average Bonchev–Trinajstić information content (AvgIpc) is 3.11. The summed E-state index contributed by atoms with van der Waals surface area (Å²) in [6, 6.07) is 46.1. The van der Waals surface area contributed by atoms with Crippen molar-refractivity contribution in [3.63, 3.8) is 0 Å². The fourth-order valence-corrected chi connectivity index (χ4v) is 5.01. The minimum Gasteiger partial charge on any atom is -0.506 e. The molecule has 0 aliphatic heterocycles. The molecule has 0 saturated carbocycles. The Kier molecular flexibility index (Phi) is 12.9. The summed E-state index contributed by atoms with van der Waals surface area (Å²) in [6.07, 6.45) is 0. The maximum Gasteiger partial charge on any atom is 0.142 e. The van der Waals surface area contributed by atoms with Crippen LogP contribution in [0.5, 0.6) is 11.5 Å². The van der Waals surface area contributed by atoms with Gasteiger partial charge in [0, 0.05) is 0 Å². The Morgan fingerprint density at radius 3 is 1.71 bits per heavy atom. The molecule has 6 heteroatoms. The number of nitrogens with zero attached hydrogens (tertiary/aromatic N) is 1. The van der Waals surface area contributed by atoms with Crippen molar-refractivity contribution >= 4 is 18.1 Å². The molecule has 0 atom stereocenters.